The predicted octanol–water partition coefficient (Wildman–Crippen LogP) is 2.46. The van der Waals surface area contributed by atoms with E-state index in [-0.39, 0.29) is 11.4 Å². The van der Waals surface area contributed by atoms with E-state index in [1.165, 1.54) is 18.5 Å². The molecule has 3 rings (SSSR count). The molecule has 0 atom stereocenters. The van der Waals surface area contributed by atoms with E-state index in [9.17, 15) is 8.42 Å². The summed E-state index contributed by atoms with van der Waals surface area (Å²) in [6.45, 7) is 0.717. The number of aromatic nitrogens is 3. The predicted molar refractivity (Wildman–Crippen MR) is 91.0 cm³/mol. The third-order valence-electron chi connectivity index (χ3n) is 3.49. The van der Waals surface area contributed by atoms with Crippen molar-refractivity contribution >= 4 is 21.6 Å². The number of sulfonamides is 1. The van der Waals surface area contributed by atoms with E-state index < -0.39 is 10.0 Å². The zero-order valence-corrected chi connectivity index (χ0v) is 14.2. The van der Waals surface area contributed by atoms with Crippen LogP contribution in [-0.2, 0) is 23.1 Å². The molecule has 8 heteroatoms. The van der Waals surface area contributed by atoms with Crippen LogP contribution < -0.4 is 4.72 Å². The minimum absolute atomic E-state index is 0.181. The van der Waals surface area contributed by atoms with Crippen molar-refractivity contribution in [3.63, 3.8) is 0 Å². The summed E-state index contributed by atoms with van der Waals surface area (Å²) in [5.74, 6) is 0. The van der Waals surface area contributed by atoms with Crippen LogP contribution in [0.3, 0.4) is 0 Å². The van der Waals surface area contributed by atoms with Crippen molar-refractivity contribution in [3.05, 3.63) is 77.3 Å². The summed E-state index contributed by atoms with van der Waals surface area (Å²) in [5, 5.41) is 4.56. The first-order valence-electron chi connectivity index (χ1n) is 7.19. The van der Waals surface area contributed by atoms with Crippen molar-refractivity contribution in [2.24, 2.45) is 0 Å². The average molecular weight is 363 g/mol. The van der Waals surface area contributed by atoms with Crippen molar-refractivity contribution in [1.29, 1.82) is 0 Å². The van der Waals surface area contributed by atoms with Gasteiger partial charge < -0.3 is 0 Å². The molecule has 0 aliphatic rings. The maximum atomic E-state index is 12.4. The molecule has 0 bridgehead atoms. The van der Waals surface area contributed by atoms with Gasteiger partial charge in [0, 0.05) is 11.6 Å². The molecule has 1 aromatic heterocycles. The van der Waals surface area contributed by atoms with E-state index in [1.54, 1.807) is 23.1 Å². The zero-order chi connectivity index (χ0) is 17.0. The Morgan fingerprint density at radius 2 is 1.75 bits per heavy atom. The number of nitrogens with zero attached hydrogens (tertiary/aromatic N) is 3. The third kappa shape index (κ3) is 4.00. The topological polar surface area (TPSA) is 76.9 Å². The molecule has 3 aromatic rings. The van der Waals surface area contributed by atoms with Crippen LogP contribution >= 0.6 is 11.6 Å². The Bertz CT molecular complexity index is 910. The van der Waals surface area contributed by atoms with E-state index in [1.807, 2.05) is 24.3 Å². The fourth-order valence-electron chi connectivity index (χ4n) is 2.24. The van der Waals surface area contributed by atoms with Gasteiger partial charge in [-0.1, -0.05) is 35.9 Å². The second-order valence-electron chi connectivity index (χ2n) is 5.14. The molecule has 0 radical (unpaired) electrons. The van der Waals surface area contributed by atoms with Gasteiger partial charge in [0.15, 0.2) is 0 Å². The zero-order valence-electron chi connectivity index (χ0n) is 12.6. The number of hydrogen-bond acceptors (Lipinski definition) is 4. The lowest BCUT2D eigenvalue weighted by Gasteiger charge is -2.11. The fraction of sp³-hybridized carbons (Fsp3) is 0.125. The number of benzene rings is 2. The molecule has 0 spiro atoms. The molecule has 124 valence electrons. The summed E-state index contributed by atoms with van der Waals surface area (Å²) in [7, 11) is -3.60. The Balaban J connectivity index is 1.75. The van der Waals surface area contributed by atoms with E-state index >= 15 is 0 Å². The smallest absolute Gasteiger partial charge is 0.240 e. The molecular formula is C16H15ClN4O2S. The standard InChI is InChI=1S/C16H15ClN4O2S/c17-15-5-7-16(8-6-15)24(22,23)20-9-13-3-1-2-4-14(13)10-21-12-18-11-19-21/h1-8,11-12,20H,9-10H2. The lowest BCUT2D eigenvalue weighted by Crippen LogP contribution is -2.24. The Morgan fingerprint density at radius 3 is 2.42 bits per heavy atom. The Morgan fingerprint density at radius 1 is 1.04 bits per heavy atom. The van der Waals surface area contributed by atoms with Crippen molar-refractivity contribution in [1.82, 2.24) is 19.5 Å². The highest BCUT2D eigenvalue weighted by Crippen LogP contribution is 2.15. The van der Waals surface area contributed by atoms with Gasteiger partial charge in [-0.25, -0.2) is 22.8 Å². The molecular weight excluding hydrogens is 348 g/mol. The quantitative estimate of drug-likeness (QED) is 0.730. The second-order valence-corrected chi connectivity index (χ2v) is 7.34. The first-order valence-corrected chi connectivity index (χ1v) is 9.05. The first-order chi connectivity index (χ1) is 11.5. The van der Waals surface area contributed by atoms with Gasteiger partial charge in [-0.05, 0) is 35.4 Å². The minimum Gasteiger partial charge on any atom is -0.249 e. The SMILES string of the molecule is O=S(=O)(NCc1ccccc1Cn1cncn1)c1ccc(Cl)cc1. The highest BCUT2D eigenvalue weighted by molar-refractivity contribution is 7.89. The molecule has 6 nitrogen and oxygen atoms in total. The molecule has 1 N–H and O–H groups in total. The molecule has 0 aliphatic heterocycles. The van der Waals surface area contributed by atoms with Gasteiger partial charge in [-0.2, -0.15) is 5.10 Å². The lowest BCUT2D eigenvalue weighted by molar-refractivity contribution is 0.580. The van der Waals surface area contributed by atoms with Crippen LogP contribution in [-0.4, -0.2) is 23.2 Å². The summed E-state index contributed by atoms with van der Waals surface area (Å²) < 4.78 is 29.0. The first kappa shape index (κ1) is 16.6. The van der Waals surface area contributed by atoms with Crippen molar-refractivity contribution in [2.75, 3.05) is 0 Å². The van der Waals surface area contributed by atoms with E-state index in [2.05, 4.69) is 14.8 Å². The van der Waals surface area contributed by atoms with Crippen LogP contribution in [0.2, 0.25) is 5.02 Å². The van der Waals surface area contributed by atoms with Crippen LogP contribution in [0.4, 0.5) is 0 Å². The third-order valence-corrected chi connectivity index (χ3v) is 5.16. The van der Waals surface area contributed by atoms with E-state index in [4.69, 9.17) is 11.6 Å². The van der Waals surface area contributed by atoms with Crippen molar-refractivity contribution in [2.45, 2.75) is 18.0 Å². The largest absolute Gasteiger partial charge is 0.249 e. The summed E-state index contributed by atoms with van der Waals surface area (Å²) in [4.78, 5) is 4.09. The van der Waals surface area contributed by atoms with Crippen LogP contribution in [0, 0.1) is 0 Å². The minimum atomic E-state index is -3.60. The normalized spacial score (nSPS) is 11.5. The number of nitrogens with one attached hydrogen (secondary N) is 1. The molecule has 1 heterocycles. The van der Waals surface area contributed by atoms with Gasteiger partial charge in [-0.3, -0.25) is 0 Å². The van der Waals surface area contributed by atoms with Gasteiger partial charge in [0.2, 0.25) is 10.0 Å². The van der Waals surface area contributed by atoms with Crippen molar-refractivity contribution < 1.29 is 8.42 Å². The van der Waals surface area contributed by atoms with E-state index in [0.717, 1.165) is 11.1 Å². The monoisotopic (exact) mass is 362 g/mol. The summed E-state index contributed by atoms with van der Waals surface area (Å²) >= 11 is 5.79. The molecule has 0 saturated carbocycles. The Kier molecular flexibility index (Phi) is 4.94. The average Bonchev–Trinajstić information content (AvgIpc) is 3.08. The lowest BCUT2D eigenvalue weighted by atomic mass is 10.1. The maximum absolute atomic E-state index is 12.4. The number of halogens is 1. The van der Waals surface area contributed by atoms with Crippen molar-refractivity contribution in [3.8, 4) is 0 Å². The highest BCUT2D eigenvalue weighted by Gasteiger charge is 2.14. The summed E-state index contributed by atoms with van der Waals surface area (Å²) in [6, 6.07) is 13.7. The van der Waals surface area contributed by atoms with Crippen LogP contribution in [0.5, 0.6) is 0 Å². The molecule has 0 saturated heterocycles. The van der Waals surface area contributed by atoms with Crippen LogP contribution in [0.1, 0.15) is 11.1 Å². The van der Waals surface area contributed by atoms with Gasteiger partial charge >= 0.3 is 0 Å². The maximum Gasteiger partial charge on any atom is 0.240 e. The van der Waals surface area contributed by atoms with Gasteiger partial charge in [0.25, 0.3) is 0 Å². The summed E-state index contributed by atoms with van der Waals surface area (Å²) in [5.41, 5.74) is 1.85. The molecule has 24 heavy (non-hydrogen) atoms. The highest BCUT2D eigenvalue weighted by atomic mass is 35.5. The molecule has 0 unspecified atom stereocenters. The van der Waals surface area contributed by atoms with Gasteiger partial charge in [-0.15, -0.1) is 0 Å². The summed E-state index contributed by atoms with van der Waals surface area (Å²) in [6.07, 6.45) is 3.08. The van der Waals surface area contributed by atoms with Gasteiger partial charge in [0.1, 0.15) is 12.7 Å². The molecule has 0 aliphatic carbocycles. The number of rotatable bonds is 6. The number of hydrogen-bond donors (Lipinski definition) is 1. The van der Waals surface area contributed by atoms with Crippen LogP contribution in [0.25, 0.3) is 0 Å². The Labute approximate surface area is 145 Å². The van der Waals surface area contributed by atoms with Crippen LogP contribution in [0.15, 0.2) is 66.1 Å². The fourth-order valence-corrected chi connectivity index (χ4v) is 3.38. The Hall–Kier alpha value is -2.22. The van der Waals surface area contributed by atoms with Gasteiger partial charge in [0.05, 0.1) is 11.4 Å². The molecule has 0 amide bonds. The molecule has 2 aromatic carbocycles. The molecule has 0 fully saturated rings. The second kappa shape index (κ2) is 7.12. The van der Waals surface area contributed by atoms with E-state index in [0.29, 0.717) is 11.6 Å².